The SMILES string of the molecule is CCC(O)NC(=O)C(C)=Cc1cnn2c(NC3CC3)cc(NCc3ccnc(N4CCOCC4)c3)nc12. The minimum Gasteiger partial charge on any atom is -0.378 e. The van der Waals surface area contributed by atoms with Crippen molar-refractivity contribution in [3.63, 3.8) is 0 Å². The Labute approximate surface area is 215 Å². The monoisotopic (exact) mass is 506 g/mol. The zero-order valence-electron chi connectivity index (χ0n) is 21.3. The molecule has 11 nitrogen and oxygen atoms in total. The molecule has 2 aliphatic rings. The third-order valence-corrected chi connectivity index (χ3v) is 6.46. The first kappa shape index (κ1) is 25.0. The first-order valence-corrected chi connectivity index (χ1v) is 12.8. The Morgan fingerprint density at radius 2 is 2.11 bits per heavy atom. The van der Waals surface area contributed by atoms with E-state index in [1.807, 2.05) is 18.3 Å². The van der Waals surface area contributed by atoms with E-state index < -0.39 is 6.23 Å². The lowest BCUT2D eigenvalue weighted by Crippen LogP contribution is -2.36. The van der Waals surface area contributed by atoms with Gasteiger partial charge in [0.15, 0.2) is 5.65 Å². The number of carbonyl (C=O) groups excluding carboxylic acids is 1. The summed E-state index contributed by atoms with van der Waals surface area (Å²) in [5, 5.41) is 23.8. The van der Waals surface area contributed by atoms with E-state index in [1.165, 1.54) is 0 Å². The highest BCUT2D eigenvalue weighted by Crippen LogP contribution is 2.28. The molecular formula is C26H34N8O3. The quantitative estimate of drug-likeness (QED) is 0.242. The minimum absolute atomic E-state index is 0.326. The van der Waals surface area contributed by atoms with Gasteiger partial charge in [0, 0.05) is 49.1 Å². The summed E-state index contributed by atoms with van der Waals surface area (Å²) in [4.78, 5) is 24.0. The molecular weight excluding hydrogens is 472 g/mol. The Kier molecular flexibility index (Phi) is 7.52. The van der Waals surface area contributed by atoms with Crippen LogP contribution in [-0.4, -0.2) is 69.2 Å². The Morgan fingerprint density at radius 1 is 1.30 bits per heavy atom. The van der Waals surface area contributed by atoms with Crippen molar-refractivity contribution in [3.05, 3.63) is 47.3 Å². The van der Waals surface area contributed by atoms with E-state index in [-0.39, 0.29) is 5.91 Å². The van der Waals surface area contributed by atoms with Crippen LogP contribution in [0.25, 0.3) is 11.7 Å². The third-order valence-electron chi connectivity index (χ3n) is 6.46. The second-order valence-electron chi connectivity index (χ2n) is 9.48. The number of aromatic nitrogens is 4. The number of aliphatic hydroxyl groups is 1. The molecule has 2 fully saturated rings. The van der Waals surface area contributed by atoms with Gasteiger partial charge in [0.1, 0.15) is 23.7 Å². The maximum absolute atomic E-state index is 12.4. The predicted octanol–water partition coefficient (Wildman–Crippen LogP) is 2.40. The number of amides is 1. The van der Waals surface area contributed by atoms with Crippen molar-refractivity contribution in [2.75, 3.05) is 41.8 Å². The van der Waals surface area contributed by atoms with Gasteiger partial charge in [0.05, 0.1) is 19.4 Å². The highest BCUT2D eigenvalue weighted by atomic mass is 16.5. The van der Waals surface area contributed by atoms with Crippen LogP contribution in [-0.2, 0) is 16.1 Å². The molecule has 3 aromatic heterocycles. The van der Waals surface area contributed by atoms with E-state index in [1.54, 1.807) is 30.6 Å². The maximum Gasteiger partial charge on any atom is 0.248 e. The van der Waals surface area contributed by atoms with Gasteiger partial charge in [-0.3, -0.25) is 4.79 Å². The van der Waals surface area contributed by atoms with E-state index in [2.05, 4.69) is 37.0 Å². The number of nitrogens with zero attached hydrogens (tertiary/aromatic N) is 5. The van der Waals surface area contributed by atoms with E-state index in [9.17, 15) is 9.90 Å². The van der Waals surface area contributed by atoms with Crippen LogP contribution in [0.1, 0.15) is 44.2 Å². The lowest BCUT2D eigenvalue weighted by atomic mass is 10.2. The molecule has 37 heavy (non-hydrogen) atoms. The van der Waals surface area contributed by atoms with Gasteiger partial charge in [-0.15, -0.1) is 0 Å². The molecule has 0 aromatic carbocycles. The summed E-state index contributed by atoms with van der Waals surface area (Å²) < 4.78 is 7.22. The van der Waals surface area contributed by atoms with Crippen molar-refractivity contribution in [2.24, 2.45) is 0 Å². The molecule has 196 valence electrons. The number of carbonyl (C=O) groups is 1. The first-order chi connectivity index (χ1) is 18.0. The molecule has 1 atom stereocenters. The summed E-state index contributed by atoms with van der Waals surface area (Å²) in [6.45, 7) is 7.21. The number of pyridine rings is 1. The molecule has 1 saturated heterocycles. The Hall–Kier alpha value is -3.70. The Bertz CT molecular complexity index is 1280. The van der Waals surface area contributed by atoms with Crippen molar-refractivity contribution in [1.82, 2.24) is 24.9 Å². The van der Waals surface area contributed by atoms with Crippen LogP contribution in [0.3, 0.4) is 0 Å². The summed E-state index contributed by atoms with van der Waals surface area (Å²) in [6.07, 6.45) is 7.10. The van der Waals surface area contributed by atoms with Crippen LogP contribution in [0.15, 0.2) is 36.2 Å². The number of nitrogens with one attached hydrogen (secondary N) is 3. The lowest BCUT2D eigenvalue weighted by Gasteiger charge is -2.28. The predicted molar refractivity (Wildman–Crippen MR) is 142 cm³/mol. The topological polar surface area (TPSA) is 129 Å². The van der Waals surface area contributed by atoms with Crippen LogP contribution in [0.2, 0.25) is 0 Å². The molecule has 11 heteroatoms. The minimum atomic E-state index is -0.875. The standard InChI is InChI=1S/C26H34N8O3/c1-3-24(35)32-26(36)17(2)12-19-16-29-34-23(30-20-4-5-20)14-21(31-25(19)34)28-15-18-6-7-27-22(13-18)33-8-10-37-11-9-33/h6-7,12-14,16,20,24,30,35H,3-5,8-11,15H2,1-2H3,(H,28,31)(H,32,36). The number of anilines is 3. The zero-order valence-corrected chi connectivity index (χ0v) is 21.3. The van der Waals surface area contributed by atoms with E-state index in [4.69, 9.17) is 9.72 Å². The van der Waals surface area contributed by atoms with Gasteiger partial charge in [0.25, 0.3) is 0 Å². The molecule has 5 rings (SSSR count). The summed E-state index contributed by atoms with van der Waals surface area (Å²) >= 11 is 0. The molecule has 3 aromatic rings. The molecule has 0 bridgehead atoms. The van der Waals surface area contributed by atoms with Crippen molar-refractivity contribution in [1.29, 1.82) is 0 Å². The number of fused-ring (bicyclic) bond motifs is 1. The molecule has 1 saturated carbocycles. The molecule has 1 aliphatic carbocycles. The van der Waals surface area contributed by atoms with Gasteiger partial charge < -0.3 is 30.7 Å². The van der Waals surface area contributed by atoms with Crippen molar-refractivity contribution < 1.29 is 14.6 Å². The second-order valence-corrected chi connectivity index (χ2v) is 9.48. The van der Waals surface area contributed by atoms with Gasteiger partial charge in [-0.25, -0.2) is 9.97 Å². The highest BCUT2D eigenvalue weighted by Gasteiger charge is 2.23. The lowest BCUT2D eigenvalue weighted by molar-refractivity contribution is -0.120. The van der Waals surface area contributed by atoms with Crippen LogP contribution in [0, 0.1) is 0 Å². The fourth-order valence-electron chi connectivity index (χ4n) is 4.11. The van der Waals surface area contributed by atoms with Crippen molar-refractivity contribution >= 4 is 35.1 Å². The van der Waals surface area contributed by atoms with Gasteiger partial charge in [-0.2, -0.15) is 9.61 Å². The normalized spacial score (nSPS) is 17.1. The largest absolute Gasteiger partial charge is 0.378 e. The van der Waals surface area contributed by atoms with E-state index in [0.717, 1.165) is 48.7 Å². The maximum atomic E-state index is 12.4. The number of rotatable bonds is 10. The van der Waals surface area contributed by atoms with Gasteiger partial charge >= 0.3 is 0 Å². The third kappa shape index (κ3) is 6.17. The van der Waals surface area contributed by atoms with Crippen molar-refractivity contribution in [3.8, 4) is 0 Å². The van der Waals surface area contributed by atoms with Crippen LogP contribution in [0.5, 0.6) is 0 Å². The van der Waals surface area contributed by atoms with E-state index >= 15 is 0 Å². The summed E-state index contributed by atoms with van der Waals surface area (Å²) in [5.41, 5.74) is 2.93. The molecule has 1 aliphatic heterocycles. The molecule has 0 radical (unpaired) electrons. The second kappa shape index (κ2) is 11.1. The number of morpholine rings is 1. The van der Waals surface area contributed by atoms with Gasteiger partial charge in [0.2, 0.25) is 5.91 Å². The zero-order chi connectivity index (χ0) is 25.8. The smallest absolute Gasteiger partial charge is 0.248 e. The summed E-state index contributed by atoms with van der Waals surface area (Å²) in [6, 6.07) is 6.49. The molecule has 1 amide bonds. The first-order valence-electron chi connectivity index (χ1n) is 12.8. The van der Waals surface area contributed by atoms with Crippen LogP contribution in [0.4, 0.5) is 17.5 Å². The fraction of sp³-hybridized carbons (Fsp3) is 0.462. The van der Waals surface area contributed by atoms with Gasteiger partial charge in [-0.05, 0) is 50.0 Å². The van der Waals surface area contributed by atoms with E-state index in [0.29, 0.717) is 49.3 Å². The summed E-state index contributed by atoms with van der Waals surface area (Å²) in [7, 11) is 0. The van der Waals surface area contributed by atoms with Gasteiger partial charge in [-0.1, -0.05) is 6.92 Å². The highest BCUT2D eigenvalue weighted by molar-refractivity contribution is 5.98. The summed E-state index contributed by atoms with van der Waals surface area (Å²) in [5.74, 6) is 2.18. The number of hydrogen-bond acceptors (Lipinski definition) is 9. The number of ether oxygens (including phenoxy) is 1. The average Bonchev–Trinajstić information content (AvgIpc) is 3.66. The molecule has 4 heterocycles. The Balaban J connectivity index is 1.38. The number of aliphatic hydroxyl groups excluding tert-OH is 1. The molecule has 4 N–H and O–H groups in total. The van der Waals surface area contributed by atoms with Crippen molar-refractivity contribution in [2.45, 2.75) is 51.9 Å². The molecule has 1 unspecified atom stereocenters. The Morgan fingerprint density at radius 3 is 2.86 bits per heavy atom. The number of hydrogen-bond donors (Lipinski definition) is 4. The van der Waals surface area contributed by atoms with Crippen LogP contribution < -0.4 is 20.9 Å². The fourth-order valence-corrected chi connectivity index (χ4v) is 4.11. The average molecular weight is 507 g/mol. The molecule has 0 spiro atoms. The van der Waals surface area contributed by atoms with Crippen LogP contribution >= 0.6 is 0 Å².